The van der Waals surface area contributed by atoms with Crippen molar-refractivity contribution in [2.75, 3.05) is 0 Å². The molecule has 0 aliphatic heterocycles. The van der Waals surface area contributed by atoms with Crippen LogP contribution >= 0.6 is 11.6 Å². The van der Waals surface area contributed by atoms with Gasteiger partial charge in [-0.1, -0.05) is 17.7 Å². The van der Waals surface area contributed by atoms with Crippen LogP contribution in [0.15, 0.2) is 65.6 Å². The Bertz CT molecular complexity index is 857. The average Bonchev–Trinajstić information content (AvgIpc) is 3.16. The predicted molar refractivity (Wildman–Crippen MR) is 99.9 cm³/mol. The van der Waals surface area contributed by atoms with Crippen molar-refractivity contribution >= 4 is 17.5 Å². The van der Waals surface area contributed by atoms with Gasteiger partial charge in [0.15, 0.2) is 5.60 Å². The van der Waals surface area contributed by atoms with Gasteiger partial charge in [0.2, 0.25) is 0 Å². The standard InChI is InChI=1S/C20H19ClN2O3/c1-20(2,26-17-6-4-16(21)5-7-17)19(24)23-12-14-3-8-18(22-11-14)15-9-10-25-13-15/h3-11,13H,12H2,1-2H3,(H,23,24). The van der Waals surface area contributed by atoms with Gasteiger partial charge in [0.05, 0.1) is 18.2 Å². The first kappa shape index (κ1) is 18.0. The van der Waals surface area contributed by atoms with E-state index in [0.717, 1.165) is 16.8 Å². The van der Waals surface area contributed by atoms with E-state index in [2.05, 4.69) is 10.3 Å². The molecule has 0 radical (unpaired) electrons. The Morgan fingerprint density at radius 2 is 1.96 bits per heavy atom. The molecule has 0 atom stereocenters. The lowest BCUT2D eigenvalue weighted by molar-refractivity contribution is -0.134. The molecule has 0 aliphatic carbocycles. The molecule has 0 fully saturated rings. The fraction of sp³-hybridized carbons (Fsp3) is 0.200. The molecule has 0 spiro atoms. The van der Waals surface area contributed by atoms with Gasteiger partial charge < -0.3 is 14.5 Å². The van der Waals surface area contributed by atoms with Crippen molar-refractivity contribution in [1.29, 1.82) is 0 Å². The molecule has 0 aliphatic rings. The third-order valence-electron chi connectivity index (χ3n) is 3.83. The normalized spacial score (nSPS) is 11.2. The first-order valence-electron chi connectivity index (χ1n) is 8.14. The Balaban J connectivity index is 1.57. The molecular weight excluding hydrogens is 352 g/mol. The molecule has 0 saturated heterocycles. The molecule has 134 valence electrons. The highest BCUT2D eigenvalue weighted by molar-refractivity contribution is 6.30. The fourth-order valence-corrected chi connectivity index (χ4v) is 2.47. The molecule has 2 aromatic heterocycles. The second-order valence-corrected chi connectivity index (χ2v) is 6.75. The third-order valence-corrected chi connectivity index (χ3v) is 4.08. The van der Waals surface area contributed by atoms with Gasteiger partial charge >= 0.3 is 0 Å². The Morgan fingerprint density at radius 1 is 1.19 bits per heavy atom. The Kier molecular flexibility index (Phi) is 5.28. The topological polar surface area (TPSA) is 64.4 Å². The van der Waals surface area contributed by atoms with E-state index in [9.17, 15) is 4.79 Å². The van der Waals surface area contributed by atoms with Gasteiger partial charge in [0.25, 0.3) is 5.91 Å². The lowest BCUT2D eigenvalue weighted by Gasteiger charge is -2.25. The van der Waals surface area contributed by atoms with E-state index < -0.39 is 5.60 Å². The number of carbonyl (C=O) groups is 1. The van der Waals surface area contributed by atoms with Gasteiger partial charge in [-0.15, -0.1) is 0 Å². The Hall–Kier alpha value is -2.79. The van der Waals surface area contributed by atoms with E-state index in [0.29, 0.717) is 17.3 Å². The summed E-state index contributed by atoms with van der Waals surface area (Å²) in [6.07, 6.45) is 4.98. The van der Waals surface area contributed by atoms with Crippen molar-refractivity contribution < 1.29 is 13.9 Å². The maximum absolute atomic E-state index is 12.5. The molecule has 5 nitrogen and oxygen atoms in total. The predicted octanol–water partition coefficient (Wildman–Crippen LogP) is 4.47. The minimum absolute atomic E-state index is 0.216. The van der Waals surface area contributed by atoms with E-state index in [1.165, 1.54) is 0 Å². The molecule has 26 heavy (non-hydrogen) atoms. The summed E-state index contributed by atoms with van der Waals surface area (Å²) in [6, 6.07) is 12.6. The summed E-state index contributed by atoms with van der Waals surface area (Å²) in [4.78, 5) is 16.9. The van der Waals surface area contributed by atoms with Crippen LogP contribution in [0.4, 0.5) is 0 Å². The van der Waals surface area contributed by atoms with Gasteiger partial charge in [-0.2, -0.15) is 0 Å². The maximum atomic E-state index is 12.5. The minimum atomic E-state index is -1.02. The lowest BCUT2D eigenvalue weighted by atomic mass is 10.1. The van der Waals surface area contributed by atoms with Crippen molar-refractivity contribution in [3.8, 4) is 17.0 Å². The van der Waals surface area contributed by atoms with Crippen LogP contribution in [-0.2, 0) is 11.3 Å². The number of aromatic nitrogens is 1. The van der Waals surface area contributed by atoms with Gasteiger partial charge in [-0.25, -0.2) is 0 Å². The van der Waals surface area contributed by atoms with Gasteiger partial charge in [0.1, 0.15) is 5.75 Å². The summed E-state index contributed by atoms with van der Waals surface area (Å²) >= 11 is 5.86. The number of furan rings is 1. The number of pyridine rings is 1. The Morgan fingerprint density at radius 3 is 2.58 bits per heavy atom. The van der Waals surface area contributed by atoms with E-state index in [4.69, 9.17) is 20.8 Å². The van der Waals surface area contributed by atoms with Crippen LogP contribution in [0.25, 0.3) is 11.3 Å². The van der Waals surface area contributed by atoms with Crippen molar-refractivity contribution in [3.63, 3.8) is 0 Å². The molecule has 0 unspecified atom stereocenters. The van der Waals surface area contributed by atoms with Gasteiger partial charge in [0, 0.05) is 23.3 Å². The van der Waals surface area contributed by atoms with Gasteiger partial charge in [-0.3, -0.25) is 9.78 Å². The molecule has 1 amide bonds. The second kappa shape index (κ2) is 7.62. The molecule has 1 N–H and O–H groups in total. The highest BCUT2D eigenvalue weighted by Crippen LogP contribution is 2.21. The minimum Gasteiger partial charge on any atom is -0.478 e. The Labute approximate surface area is 157 Å². The zero-order chi connectivity index (χ0) is 18.6. The number of rotatable bonds is 6. The van der Waals surface area contributed by atoms with E-state index in [-0.39, 0.29) is 5.91 Å². The monoisotopic (exact) mass is 370 g/mol. The van der Waals surface area contributed by atoms with E-state index in [1.54, 1.807) is 56.8 Å². The summed E-state index contributed by atoms with van der Waals surface area (Å²) in [5, 5.41) is 3.49. The fourth-order valence-electron chi connectivity index (χ4n) is 2.35. The summed E-state index contributed by atoms with van der Waals surface area (Å²) in [5.74, 6) is 0.368. The zero-order valence-electron chi connectivity index (χ0n) is 14.5. The van der Waals surface area contributed by atoms with E-state index >= 15 is 0 Å². The van der Waals surface area contributed by atoms with Crippen molar-refractivity contribution in [3.05, 3.63) is 71.8 Å². The number of benzene rings is 1. The maximum Gasteiger partial charge on any atom is 0.263 e. The number of halogens is 1. The highest BCUT2D eigenvalue weighted by atomic mass is 35.5. The summed E-state index contributed by atoms with van der Waals surface area (Å²) in [7, 11) is 0. The largest absolute Gasteiger partial charge is 0.478 e. The quantitative estimate of drug-likeness (QED) is 0.695. The molecule has 3 aromatic rings. The van der Waals surface area contributed by atoms with Crippen LogP contribution < -0.4 is 10.1 Å². The van der Waals surface area contributed by atoms with E-state index in [1.807, 2.05) is 18.2 Å². The number of nitrogens with zero attached hydrogens (tertiary/aromatic N) is 1. The lowest BCUT2D eigenvalue weighted by Crippen LogP contribution is -2.46. The molecule has 0 bridgehead atoms. The molecular formula is C20H19ClN2O3. The van der Waals surface area contributed by atoms with Crippen molar-refractivity contribution in [2.24, 2.45) is 0 Å². The highest BCUT2D eigenvalue weighted by Gasteiger charge is 2.29. The van der Waals surface area contributed by atoms with Crippen LogP contribution in [0, 0.1) is 0 Å². The molecule has 3 rings (SSSR count). The van der Waals surface area contributed by atoms with Crippen LogP contribution in [0.1, 0.15) is 19.4 Å². The van der Waals surface area contributed by atoms with Crippen molar-refractivity contribution in [2.45, 2.75) is 26.0 Å². The first-order valence-corrected chi connectivity index (χ1v) is 8.52. The zero-order valence-corrected chi connectivity index (χ0v) is 15.3. The summed E-state index contributed by atoms with van der Waals surface area (Å²) in [6.45, 7) is 3.80. The summed E-state index contributed by atoms with van der Waals surface area (Å²) in [5.41, 5.74) is 1.61. The van der Waals surface area contributed by atoms with Gasteiger partial charge in [-0.05, 0) is 55.8 Å². The number of hydrogen-bond donors (Lipinski definition) is 1. The molecule has 0 saturated carbocycles. The second-order valence-electron chi connectivity index (χ2n) is 6.31. The molecule has 2 heterocycles. The SMILES string of the molecule is CC(C)(Oc1ccc(Cl)cc1)C(=O)NCc1ccc(-c2ccoc2)nc1. The molecule has 6 heteroatoms. The van der Waals surface area contributed by atoms with Crippen molar-refractivity contribution in [1.82, 2.24) is 10.3 Å². The van der Waals surface area contributed by atoms with Crippen LogP contribution in [0.5, 0.6) is 5.75 Å². The molecule has 1 aromatic carbocycles. The van der Waals surface area contributed by atoms with Crippen LogP contribution in [0.3, 0.4) is 0 Å². The third kappa shape index (κ3) is 4.43. The number of nitrogens with one attached hydrogen (secondary N) is 1. The smallest absolute Gasteiger partial charge is 0.263 e. The first-order chi connectivity index (χ1) is 12.4. The number of hydrogen-bond acceptors (Lipinski definition) is 4. The average molecular weight is 371 g/mol. The summed E-state index contributed by atoms with van der Waals surface area (Å²) < 4.78 is 10.8. The number of carbonyl (C=O) groups excluding carboxylic acids is 1. The van der Waals surface area contributed by atoms with Crippen LogP contribution in [0.2, 0.25) is 5.02 Å². The van der Waals surface area contributed by atoms with Crippen LogP contribution in [-0.4, -0.2) is 16.5 Å². The number of amides is 1. The number of ether oxygens (including phenoxy) is 1.